The van der Waals surface area contributed by atoms with Crippen LogP contribution in [-0.4, -0.2) is 8.42 Å². The van der Waals surface area contributed by atoms with Crippen molar-refractivity contribution < 1.29 is 17.0 Å². The van der Waals surface area contributed by atoms with E-state index in [1.165, 1.54) is 36.4 Å². The summed E-state index contributed by atoms with van der Waals surface area (Å²) in [6, 6.07) is 11.0. The minimum Gasteiger partial charge on any atom is -0.423 e. The molecule has 0 aliphatic carbocycles. The van der Waals surface area contributed by atoms with Gasteiger partial charge in [0.1, 0.15) is 16.2 Å². The molecule has 0 radical (unpaired) electrons. The van der Waals surface area contributed by atoms with E-state index in [1.807, 2.05) is 0 Å². The molecule has 0 saturated carbocycles. The SMILES string of the molecule is O=c1ccc2ccc(OS(=O)(=O)c3cc(Cl)cc(Cl)c3)cc2o1. The van der Waals surface area contributed by atoms with E-state index in [4.69, 9.17) is 31.8 Å². The zero-order chi connectivity index (χ0) is 16.6. The fourth-order valence-electron chi connectivity index (χ4n) is 1.94. The molecular weight excluding hydrogens is 363 g/mol. The lowest BCUT2D eigenvalue weighted by Crippen LogP contribution is -2.09. The number of benzene rings is 2. The molecule has 0 spiro atoms. The predicted octanol–water partition coefficient (Wildman–Crippen LogP) is 3.87. The quantitative estimate of drug-likeness (QED) is 0.516. The Hall–Kier alpha value is -2.02. The van der Waals surface area contributed by atoms with Gasteiger partial charge < -0.3 is 8.60 Å². The molecule has 0 aliphatic rings. The molecule has 0 N–H and O–H groups in total. The first kappa shape index (κ1) is 15.9. The zero-order valence-electron chi connectivity index (χ0n) is 11.3. The Morgan fingerprint density at radius 3 is 2.26 bits per heavy atom. The maximum Gasteiger partial charge on any atom is 0.339 e. The molecule has 0 bridgehead atoms. The number of halogens is 2. The maximum atomic E-state index is 12.3. The zero-order valence-corrected chi connectivity index (χ0v) is 13.7. The molecule has 118 valence electrons. The van der Waals surface area contributed by atoms with Crippen molar-refractivity contribution in [2.24, 2.45) is 0 Å². The predicted molar refractivity (Wildman–Crippen MR) is 86.8 cm³/mol. The maximum absolute atomic E-state index is 12.3. The van der Waals surface area contributed by atoms with Crippen molar-refractivity contribution in [2.75, 3.05) is 0 Å². The number of hydrogen-bond acceptors (Lipinski definition) is 5. The van der Waals surface area contributed by atoms with E-state index in [-0.39, 0.29) is 26.3 Å². The van der Waals surface area contributed by atoms with Crippen molar-refractivity contribution in [2.45, 2.75) is 4.90 Å². The molecule has 2 aromatic carbocycles. The highest BCUT2D eigenvalue weighted by atomic mass is 35.5. The average Bonchev–Trinajstić information content (AvgIpc) is 2.45. The second-order valence-corrected chi connectivity index (χ2v) is 7.02. The van der Waals surface area contributed by atoms with Crippen molar-refractivity contribution in [3.63, 3.8) is 0 Å². The van der Waals surface area contributed by atoms with Crippen LogP contribution in [0.2, 0.25) is 10.0 Å². The second-order valence-electron chi connectivity index (χ2n) is 4.60. The lowest BCUT2D eigenvalue weighted by Gasteiger charge is -2.08. The van der Waals surface area contributed by atoms with Crippen LogP contribution in [0.3, 0.4) is 0 Å². The lowest BCUT2D eigenvalue weighted by molar-refractivity contribution is 0.485. The molecule has 1 heterocycles. The highest BCUT2D eigenvalue weighted by Crippen LogP contribution is 2.26. The van der Waals surface area contributed by atoms with Gasteiger partial charge in [0.05, 0.1) is 0 Å². The molecule has 0 amide bonds. The van der Waals surface area contributed by atoms with Crippen LogP contribution in [0, 0.1) is 0 Å². The highest BCUT2D eigenvalue weighted by molar-refractivity contribution is 7.87. The Morgan fingerprint density at radius 1 is 0.913 bits per heavy atom. The minimum atomic E-state index is -4.13. The van der Waals surface area contributed by atoms with Crippen LogP contribution in [0.25, 0.3) is 11.0 Å². The minimum absolute atomic E-state index is 0.00273. The summed E-state index contributed by atoms with van der Waals surface area (Å²) >= 11 is 11.6. The molecule has 1 aromatic heterocycles. The number of rotatable bonds is 3. The number of hydrogen-bond donors (Lipinski definition) is 0. The smallest absolute Gasteiger partial charge is 0.339 e. The van der Waals surface area contributed by atoms with Gasteiger partial charge in [0, 0.05) is 27.6 Å². The van der Waals surface area contributed by atoms with Crippen LogP contribution in [0.4, 0.5) is 0 Å². The number of fused-ring (bicyclic) bond motifs is 1. The third-order valence-electron chi connectivity index (χ3n) is 2.93. The average molecular weight is 371 g/mol. The fraction of sp³-hybridized carbons (Fsp3) is 0. The van der Waals surface area contributed by atoms with Crippen molar-refractivity contribution in [3.8, 4) is 5.75 Å². The van der Waals surface area contributed by atoms with Gasteiger partial charge in [-0.2, -0.15) is 8.42 Å². The molecule has 3 rings (SSSR count). The normalized spacial score (nSPS) is 11.6. The van der Waals surface area contributed by atoms with E-state index in [0.29, 0.717) is 5.39 Å². The van der Waals surface area contributed by atoms with Gasteiger partial charge in [-0.15, -0.1) is 0 Å². The summed E-state index contributed by atoms with van der Waals surface area (Å²) in [5.41, 5.74) is -0.326. The Bertz CT molecular complexity index is 1040. The highest BCUT2D eigenvalue weighted by Gasteiger charge is 2.18. The molecule has 0 unspecified atom stereocenters. The molecule has 8 heteroatoms. The first-order chi connectivity index (χ1) is 10.8. The lowest BCUT2D eigenvalue weighted by atomic mass is 10.2. The summed E-state index contributed by atoms with van der Waals surface area (Å²) in [6.45, 7) is 0. The van der Waals surface area contributed by atoms with Gasteiger partial charge in [0.15, 0.2) is 0 Å². The fourth-order valence-corrected chi connectivity index (χ4v) is 3.59. The molecular formula is C15H8Cl2O5S. The van der Waals surface area contributed by atoms with E-state index in [0.717, 1.165) is 0 Å². The van der Waals surface area contributed by atoms with Crippen molar-refractivity contribution in [1.29, 1.82) is 0 Å². The Labute approximate surface area is 141 Å². The second kappa shape index (κ2) is 5.88. The van der Waals surface area contributed by atoms with Gasteiger partial charge in [-0.3, -0.25) is 0 Å². The van der Waals surface area contributed by atoms with Crippen molar-refractivity contribution in [1.82, 2.24) is 0 Å². The van der Waals surface area contributed by atoms with E-state index >= 15 is 0 Å². The van der Waals surface area contributed by atoms with E-state index in [9.17, 15) is 13.2 Å². The first-order valence-corrected chi connectivity index (χ1v) is 8.44. The molecule has 0 saturated heterocycles. The van der Waals surface area contributed by atoms with E-state index < -0.39 is 15.7 Å². The van der Waals surface area contributed by atoms with Crippen LogP contribution in [0.1, 0.15) is 0 Å². The molecule has 23 heavy (non-hydrogen) atoms. The van der Waals surface area contributed by atoms with E-state index in [2.05, 4.69) is 0 Å². The monoisotopic (exact) mass is 370 g/mol. The van der Waals surface area contributed by atoms with Gasteiger partial charge in [0.2, 0.25) is 0 Å². The Morgan fingerprint density at radius 2 is 1.57 bits per heavy atom. The van der Waals surface area contributed by atoms with Gasteiger partial charge in [-0.1, -0.05) is 23.2 Å². The van der Waals surface area contributed by atoms with Crippen LogP contribution < -0.4 is 9.81 Å². The van der Waals surface area contributed by atoms with Crippen LogP contribution >= 0.6 is 23.2 Å². The van der Waals surface area contributed by atoms with Crippen molar-refractivity contribution >= 4 is 44.3 Å². The van der Waals surface area contributed by atoms with Crippen LogP contribution in [-0.2, 0) is 10.1 Å². The van der Waals surface area contributed by atoms with Crippen LogP contribution in [0.5, 0.6) is 5.75 Å². The third-order valence-corrected chi connectivity index (χ3v) is 4.59. The summed E-state index contributed by atoms with van der Waals surface area (Å²) in [7, 11) is -4.13. The van der Waals surface area contributed by atoms with Gasteiger partial charge in [-0.25, -0.2) is 4.79 Å². The molecule has 5 nitrogen and oxygen atoms in total. The summed E-state index contributed by atoms with van der Waals surface area (Å²) in [5, 5.41) is 0.980. The molecule has 0 atom stereocenters. The molecule has 0 aliphatic heterocycles. The summed E-state index contributed by atoms with van der Waals surface area (Å²) in [6.07, 6.45) is 0. The summed E-state index contributed by atoms with van der Waals surface area (Å²) in [4.78, 5) is 11.0. The Balaban J connectivity index is 2.01. The van der Waals surface area contributed by atoms with Gasteiger partial charge in [-0.05, 0) is 36.4 Å². The Kier molecular flexibility index (Phi) is 4.06. The summed E-state index contributed by atoms with van der Waals surface area (Å²) in [5.74, 6) is 0.00273. The molecule has 3 aromatic rings. The largest absolute Gasteiger partial charge is 0.423 e. The van der Waals surface area contributed by atoms with Gasteiger partial charge >= 0.3 is 15.7 Å². The summed E-state index contributed by atoms with van der Waals surface area (Å²) < 4.78 is 34.6. The standard InChI is InChI=1S/C15H8Cl2O5S/c16-10-5-11(17)7-13(6-10)23(19,20)22-12-3-1-9-2-4-15(18)21-14(9)8-12/h1-8H. The van der Waals surface area contributed by atoms with Crippen LogP contribution in [0.15, 0.2) is 62.6 Å². The van der Waals surface area contributed by atoms with Gasteiger partial charge in [0.25, 0.3) is 0 Å². The first-order valence-electron chi connectivity index (χ1n) is 6.28. The third kappa shape index (κ3) is 3.50. The van der Waals surface area contributed by atoms with Crippen molar-refractivity contribution in [3.05, 3.63) is 69.0 Å². The molecule has 0 fully saturated rings. The van der Waals surface area contributed by atoms with E-state index in [1.54, 1.807) is 12.1 Å². The topological polar surface area (TPSA) is 73.6 Å².